The molecule has 18 rings (SSSR count). The molecule has 0 aliphatic heterocycles. The van der Waals surface area contributed by atoms with Crippen molar-refractivity contribution in [3.8, 4) is 0 Å². The van der Waals surface area contributed by atoms with E-state index in [0.29, 0.717) is 0 Å². The third-order valence-corrected chi connectivity index (χ3v) is 21.7. The fourth-order valence-corrected chi connectivity index (χ4v) is 19.9. The van der Waals surface area contributed by atoms with Gasteiger partial charge in [-0.25, -0.2) is 0 Å². The van der Waals surface area contributed by atoms with Gasteiger partial charge in [-0.3, -0.25) is 0 Å². The Balaban J connectivity index is 0.839. The summed E-state index contributed by atoms with van der Waals surface area (Å²) in [7, 11) is 0. The first kappa shape index (κ1) is 34.6. The van der Waals surface area contributed by atoms with Crippen molar-refractivity contribution in [3.63, 3.8) is 0 Å². The molecule has 64 heavy (non-hydrogen) atoms. The van der Waals surface area contributed by atoms with Crippen LogP contribution < -0.4 is 5.22 Å². The molecule has 6 aliphatic rings. The fraction of sp³-hybridized carbons (Fsp3) is 0.397. The van der Waals surface area contributed by atoms with E-state index in [1.54, 1.807) is 145 Å². The van der Waals surface area contributed by atoms with Gasteiger partial charge in [-0.05, 0) is 208 Å². The van der Waals surface area contributed by atoms with E-state index >= 15 is 0 Å². The predicted octanol–water partition coefficient (Wildman–Crippen LogP) is 17.1. The predicted molar refractivity (Wildman–Crippen MR) is 276 cm³/mol. The molecule has 0 nitrogen and oxygen atoms in total. The lowest BCUT2D eigenvalue weighted by Crippen LogP contribution is -2.30. The molecule has 1 heteroatoms. The summed E-state index contributed by atoms with van der Waals surface area (Å²) in [5.41, 5.74) is 11.9. The Morgan fingerprint density at radius 3 is 1.61 bits per heavy atom. The lowest BCUT2D eigenvalue weighted by atomic mass is 9.70. The van der Waals surface area contributed by atoms with Crippen LogP contribution in [0, 0.1) is 5.41 Å². The van der Waals surface area contributed by atoms with Gasteiger partial charge in [0, 0.05) is 26.0 Å². The van der Waals surface area contributed by atoms with E-state index in [1.807, 2.05) is 5.56 Å². The fourth-order valence-electron chi connectivity index (χ4n) is 18.6. The van der Waals surface area contributed by atoms with Crippen molar-refractivity contribution in [2.45, 2.75) is 153 Å². The average molecular weight is 843 g/mol. The molecule has 1 spiro atoms. The second-order valence-electron chi connectivity index (χ2n) is 22.8. The van der Waals surface area contributed by atoms with E-state index in [0.717, 1.165) is 19.3 Å². The van der Waals surface area contributed by atoms with Crippen LogP contribution in [0.5, 0.6) is 0 Å². The summed E-state index contributed by atoms with van der Waals surface area (Å²) in [6.45, 7) is 4.71. The van der Waals surface area contributed by atoms with Crippen LogP contribution in [-0.4, -0.2) is 0 Å². The van der Waals surface area contributed by atoms with Crippen molar-refractivity contribution in [1.82, 2.24) is 0 Å². The number of thiophene rings is 1. The maximum Gasteiger partial charge on any atom is 0.0444 e. The largest absolute Gasteiger partial charge is 0.145 e. The monoisotopic (exact) mass is 842 g/mol. The second-order valence-corrected chi connectivity index (χ2v) is 24.0. The summed E-state index contributed by atoms with van der Waals surface area (Å²) in [5, 5.41) is 34.6. The standard InChI is InChI=1S/C63H54S/c1-3-5-6-7-8-9-10-11-12-13-14-15-16-17-18-21-62(40-20-19-39(4-2)64-40)61-29-37-27-35-25-33-24-34-23-31-22-32-26-36-28-38(30-61)59-57-46(36)50-42(32)41(31)48-45(34)49-43(33)44(35)51-47(37)60(63(59,61)62)58-55(51)53(49)52(48)54(50)56(57)58/h19-20,22,24,26-28,30H,3-18,21,23,25,29H2,1-2H3. The molecule has 3 atom stereocenters. The first-order chi connectivity index (χ1) is 31.7. The van der Waals surface area contributed by atoms with Crippen LogP contribution >= 0.6 is 11.3 Å². The van der Waals surface area contributed by atoms with E-state index < -0.39 is 0 Å². The Morgan fingerprint density at radius 2 is 0.938 bits per heavy atom. The molecule has 1 heterocycles. The molecule has 1 fully saturated rings. The van der Waals surface area contributed by atoms with Crippen LogP contribution in [0.25, 0.3) is 114 Å². The Morgan fingerprint density at radius 1 is 0.438 bits per heavy atom. The van der Waals surface area contributed by atoms with Crippen LogP contribution in [-0.2, 0) is 36.5 Å². The van der Waals surface area contributed by atoms with Gasteiger partial charge in [0.25, 0.3) is 0 Å². The number of hydrogen-bond donors (Lipinski definition) is 0. The van der Waals surface area contributed by atoms with Gasteiger partial charge in [-0.15, -0.1) is 11.3 Å². The molecular formula is C63H54S. The highest BCUT2D eigenvalue weighted by molar-refractivity contribution is 7.12. The van der Waals surface area contributed by atoms with Crippen molar-refractivity contribution >= 4 is 125 Å². The highest BCUT2D eigenvalue weighted by Crippen LogP contribution is 2.91. The van der Waals surface area contributed by atoms with Crippen molar-refractivity contribution in [2.75, 3.05) is 0 Å². The number of benzene rings is 7. The van der Waals surface area contributed by atoms with E-state index in [-0.39, 0.29) is 16.2 Å². The third kappa shape index (κ3) is 3.22. The molecule has 0 amide bonds. The van der Waals surface area contributed by atoms with Gasteiger partial charge in [0.15, 0.2) is 0 Å². The van der Waals surface area contributed by atoms with Crippen LogP contribution in [0.15, 0.2) is 42.5 Å². The van der Waals surface area contributed by atoms with Crippen molar-refractivity contribution in [1.29, 1.82) is 0 Å². The van der Waals surface area contributed by atoms with Crippen LogP contribution in [0.1, 0.15) is 165 Å². The number of rotatable bonds is 18. The van der Waals surface area contributed by atoms with Gasteiger partial charge in [0.1, 0.15) is 0 Å². The van der Waals surface area contributed by atoms with Crippen LogP contribution in [0.2, 0.25) is 0 Å². The first-order valence-corrected chi connectivity index (χ1v) is 27.1. The van der Waals surface area contributed by atoms with Gasteiger partial charge in [-0.2, -0.15) is 0 Å². The highest BCUT2D eigenvalue weighted by Gasteiger charge is 2.90. The minimum Gasteiger partial charge on any atom is -0.145 e. The molecule has 0 radical (unpaired) electrons. The molecule has 1 saturated carbocycles. The SMILES string of the molecule is CCCCCCCCCCCCCCCCCC1(c2ccc(CC)s2)C23C=c4cc5cc6cc7c8c6c6c5c5c4C21c1c2c(cc4c9c%10c(cc(c%11c%10c%10c(c1c5c6c%10c8%11)c29)C7)C4)C3. The quantitative estimate of drug-likeness (QED) is 0.0596. The minimum absolute atomic E-state index is 0.00324. The molecule has 12 aromatic rings. The molecule has 6 aliphatic carbocycles. The Labute approximate surface area is 378 Å². The van der Waals surface area contributed by atoms with E-state index in [1.165, 1.54) is 120 Å². The molecule has 0 bridgehead atoms. The van der Waals surface area contributed by atoms with E-state index in [4.69, 9.17) is 0 Å². The maximum atomic E-state index is 2.97. The average Bonchev–Trinajstić information content (AvgIpc) is 4.11. The second kappa shape index (κ2) is 10.9. The summed E-state index contributed by atoms with van der Waals surface area (Å²) in [6, 6.07) is 18.7. The normalized spacial score (nSPS) is 23.1. The third-order valence-electron chi connectivity index (χ3n) is 20.3. The highest BCUT2D eigenvalue weighted by atomic mass is 32.1. The summed E-state index contributed by atoms with van der Waals surface area (Å²) < 4.78 is 0. The van der Waals surface area contributed by atoms with Gasteiger partial charge in [0.2, 0.25) is 0 Å². The molecular weight excluding hydrogens is 789 g/mol. The first-order valence-electron chi connectivity index (χ1n) is 26.3. The molecule has 0 N–H and O–H groups in total. The minimum atomic E-state index is 0.00324. The lowest BCUT2D eigenvalue weighted by Gasteiger charge is -2.32. The van der Waals surface area contributed by atoms with Crippen LogP contribution in [0.3, 0.4) is 0 Å². The Kier molecular flexibility index (Phi) is 5.91. The van der Waals surface area contributed by atoms with Gasteiger partial charge >= 0.3 is 0 Å². The summed E-state index contributed by atoms with van der Waals surface area (Å²) in [5.74, 6) is 0. The molecule has 1 aromatic heterocycles. The van der Waals surface area contributed by atoms with Crippen LogP contribution in [0.4, 0.5) is 0 Å². The Hall–Kier alpha value is -4.72. The van der Waals surface area contributed by atoms with Gasteiger partial charge in [-0.1, -0.05) is 134 Å². The summed E-state index contributed by atoms with van der Waals surface area (Å²) in [4.78, 5) is 3.29. The molecule has 3 unspecified atom stereocenters. The van der Waals surface area contributed by atoms with Gasteiger partial charge in [0.05, 0.1) is 0 Å². The maximum absolute atomic E-state index is 2.97. The zero-order valence-electron chi connectivity index (χ0n) is 37.7. The molecule has 312 valence electrons. The van der Waals surface area contributed by atoms with E-state index in [9.17, 15) is 0 Å². The number of hydrogen-bond acceptors (Lipinski definition) is 1. The topological polar surface area (TPSA) is 0 Å². The molecule has 0 saturated heterocycles. The van der Waals surface area contributed by atoms with Crippen molar-refractivity contribution < 1.29 is 0 Å². The smallest absolute Gasteiger partial charge is 0.0444 e. The van der Waals surface area contributed by atoms with E-state index in [2.05, 4.69) is 73.7 Å². The lowest BCUT2D eigenvalue weighted by molar-refractivity contribution is 0.460. The Bertz CT molecular complexity index is 4110. The zero-order valence-corrected chi connectivity index (χ0v) is 38.5. The molecule has 11 aromatic carbocycles. The zero-order chi connectivity index (χ0) is 41.3. The van der Waals surface area contributed by atoms with Crippen molar-refractivity contribution in [3.05, 3.63) is 96.4 Å². The number of aryl methyl sites for hydroxylation is 1. The number of unbranched alkanes of at least 4 members (excludes halogenated alkanes) is 14. The van der Waals surface area contributed by atoms with Gasteiger partial charge < -0.3 is 0 Å². The summed E-state index contributed by atoms with van der Waals surface area (Å²) in [6.07, 6.45) is 30.2. The summed E-state index contributed by atoms with van der Waals surface area (Å²) >= 11 is 2.21. The van der Waals surface area contributed by atoms with Crippen molar-refractivity contribution in [2.24, 2.45) is 5.41 Å².